The van der Waals surface area contributed by atoms with Crippen molar-refractivity contribution in [2.24, 2.45) is 11.3 Å². The van der Waals surface area contributed by atoms with E-state index in [1.54, 1.807) is 36.4 Å². The van der Waals surface area contributed by atoms with E-state index in [2.05, 4.69) is 26.1 Å². The third-order valence-electron chi connectivity index (χ3n) is 6.30. The number of ketones is 1. The molecule has 2 fully saturated rings. The summed E-state index contributed by atoms with van der Waals surface area (Å²) in [7, 11) is 0. The summed E-state index contributed by atoms with van der Waals surface area (Å²) in [6.07, 6.45) is 2.07. The first-order valence-electron chi connectivity index (χ1n) is 11.1. The number of benzene rings is 2. The van der Waals surface area contributed by atoms with E-state index < -0.39 is 24.1 Å². The molecule has 0 radical (unpaired) electrons. The molecule has 4 rings (SSSR count). The van der Waals surface area contributed by atoms with Crippen molar-refractivity contribution in [1.82, 2.24) is 10.2 Å². The van der Waals surface area contributed by atoms with Gasteiger partial charge in [-0.2, -0.15) is 0 Å². The molecule has 2 atom stereocenters. The fourth-order valence-electron chi connectivity index (χ4n) is 5.37. The van der Waals surface area contributed by atoms with Crippen LogP contribution < -0.4 is 10.1 Å². The van der Waals surface area contributed by atoms with Gasteiger partial charge in [-0.1, -0.05) is 51.1 Å². The van der Waals surface area contributed by atoms with Crippen LogP contribution in [0, 0.1) is 11.3 Å². The summed E-state index contributed by atoms with van der Waals surface area (Å²) in [4.78, 5) is 51.7. The van der Waals surface area contributed by atoms with Gasteiger partial charge in [0, 0.05) is 11.1 Å². The SMILES string of the molecule is C[C@@H]1CC(C)(C)C[C@@]2(C1)NC(=O)N(CC(=O)Oc1ccc(C(=O)c3ccccc3)cc1)C2=O. The summed E-state index contributed by atoms with van der Waals surface area (Å²) in [5, 5.41) is 2.85. The molecule has 7 nitrogen and oxygen atoms in total. The van der Waals surface area contributed by atoms with Crippen molar-refractivity contribution in [2.45, 2.75) is 45.6 Å². The van der Waals surface area contributed by atoms with Gasteiger partial charge in [0.25, 0.3) is 5.91 Å². The van der Waals surface area contributed by atoms with Crippen molar-refractivity contribution in [3.63, 3.8) is 0 Å². The molecule has 0 unspecified atom stereocenters. The molecule has 2 aliphatic rings. The third-order valence-corrected chi connectivity index (χ3v) is 6.30. The second-order valence-corrected chi connectivity index (χ2v) is 9.95. The Kier molecular flexibility index (Phi) is 5.82. The summed E-state index contributed by atoms with van der Waals surface area (Å²) in [5.74, 6) is -0.711. The maximum atomic E-state index is 13.2. The lowest BCUT2D eigenvalue weighted by molar-refractivity contribution is -0.142. The van der Waals surface area contributed by atoms with Crippen molar-refractivity contribution >= 4 is 23.7 Å². The van der Waals surface area contributed by atoms with Crippen molar-refractivity contribution in [2.75, 3.05) is 6.54 Å². The highest BCUT2D eigenvalue weighted by Gasteiger charge is 2.56. The monoisotopic (exact) mass is 448 g/mol. The largest absolute Gasteiger partial charge is 0.425 e. The number of urea groups is 1. The summed E-state index contributed by atoms with van der Waals surface area (Å²) in [6.45, 7) is 5.79. The second-order valence-electron chi connectivity index (χ2n) is 9.95. The van der Waals surface area contributed by atoms with E-state index in [9.17, 15) is 19.2 Å². The zero-order valence-corrected chi connectivity index (χ0v) is 19.1. The smallest absolute Gasteiger partial charge is 0.331 e. The first-order valence-corrected chi connectivity index (χ1v) is 11.1. The minimum atomic E-state index is -0.960. The highest BCUT2D eigenvalue weighted by atomic mass is 16.5. The number of ether oxygens (including phenoxy) is 1. The van der Waals surface area contributed by atoms with Crippen LogP contribution in [0.2, 0.25) is 0 Å². The quantitative estimate of drug-likeness (QED) is 0.323. The number of imide groups is 1. The first-order chi connectivity index (χ1) is 15.6. The fourth-order valence-corrected chi connectivity index (χ4v) is 5.37. The molecule has 3 amide bonds. The average Bonchev–Trinajstić information content (AvgIpc) is 2.96. The van der Waals surface area contributed by atoms with Crippen molar-refractivity contribution in [3.05, 3.63) is 65.7 Å². The van der Waals surface area contributed by atoms with Gasteiger partial charge in [0.15, 0.2) is 5.78 Å². The molecule has 0 aromatic heterocycles. The molecule has 1 saturated heterocycles. The molecule has 33 heavy (non-hydrogen) atoms. The Balaban J connectivity index is 1.40. The zero-order chi connectivity index (χ0) is 23.8. The van der Waals surface area contributed by atoms with Crippen LogP contribution in [-0.4, -0.2) is 40.7 Å². The standard InChI is InChI=1S/C26H28N2O5/c1-17-13-25(2,3)16-26(14-17)23(31)28(24(32)27-26)15-21(29)33-20-11-9-19(10-12-20)22(30)18-7-5-4-6-8-18/h4-12,17H,13-16H2,1-3H3,(H,27,32)/t17-,26-/m1/s1. The molecule has 172 valence electrons. The predicted molar refractivity (Wildman–Crippen MR) is 122 cm³/mol. The minimum absolute atomic E-state index is 0.0872. The molecule has 1 saturated carbocycles. The maximum Gasteiger partial charge on any atom is 0.331 e. The number of nitrogens with zero attached hydrogens (tertiary/aromatic N) is 1. The van der Waals surface area contributed by atoms with E-state index >= 15 is 0 Å². The van der Waals surface area contributed by atoms with Gasteiger partial charge >= 0.3 is 12.0 Å². The zero-order valence-electron chi connectivity index (χ0n) is 19.1. The Hall–Kier alpha value is -3.48. The summed E-state index contributed by atoms with van der Waals surface area (Å²) < 4.78 is 5.33. The number of carbonyl (C=O) groups is 4. The lowest BCUT2D eigenvalue weighted by Crippen LogP contribution is -2.54. The molecule has 2 aromatic rings. The number of amides is 3. The summed E-state index contributed by atoms with van der Waals surface area (Å²) in [6, 6.07) is 14.5. The Morgan fingerprint density at radius 2 is 1.64 bits per heavy atom. The molecular formula is C26H28N2O5. The van der Waals surface area contributed by atoms with Gasteiger partial charge in [0.05, 0.1) is 0 Å². The molecule has 0 bridgehead atoms. The maximum absolute atomic E-state index is 13.2. The molecule has 1 spiro atoms. The van der Waals surface area contributed by atoms with Crippen LogP contribution in [0.4, 0.5) is 4.79 Å². The Bertz CT molecular complexity index is 1090. The number of hydrogen-bond acceptors (Lipinski definition) is 5. The number of carbonyl (C=O) groups excluding carboxylic acids is 4. The van der Waals surface area contributed by atoms with E-state index in [1.165, 1.54) is 12.1 Å². The molecule has 1 aliphatic heterocycles. The van der Waals surface area contributed by atoms with Gasteiger partial charge in [-0.05, 0) is 54.9 Å². The Labute approximate surface area is 193 Å². The molecule has 1 N–H and O–H groups in total. The van der Waals surface area contributed by atoms with Crippen LogP contribution in [0.25, 0.3) is 0 Å². The number of rotatable bonds is 5. The number of nitrogens with one attached hydrogen (secondary N) is 1. The summed E-state index contributed by atoms with van der Waals surface area (Å²) >= 11 is 0. The normalized spacial score (nSPS) is 24.0. The van der Waals surface area contributed by atoms with Crippen molar-refractivity contribution < 1.29 is 23.9 Å². The van der Waals surface area contributed by atoms with Crippen LogP contribution in [0.3, 0.4) is 0 Å². The van der Waals surface area contributed by atoms with Crippen molar-refractivity contribution in [1.29, 1.82) is 0 Å². The van der Waals surface area contributed by atoms with E-state index in [1.807, 2.05) is 6.07 Å². The van der Waals surface area contributed by atoms with Crippen LogP contribution in [-0.2, 0) is 9.59 Å². The van der Waals surface area contributed by atoms with Crippen molar-refractivity contribution in [3.8, 4) is 5.75 Å². The predicted octanol–water partition coefficient (Wildman–Crippen LogP) is 3.96. The molecular weight excluding hydrogens is 420 g/mol. The Morgan fingerprint density at radius 3 is 2.27 bits per heavy atom. The number of esters is 1. The topological polar surface area (TPSA) is 92.8 Å². The van der Waals surface area contributed by atoms with Crippen LogP contribution in [0.5, 0.6) is 5.75 Å². The van der Waals surface area contributed by atoms with Gasteiger partial charge < -0.3 is 10.1 Å². The Morgan fingerprint density at radius 1 is 1.00 bits per heavy atom. The molecule has 1 heterocycles. The lowest BCUT2D eigenvalue weighted by Gasteiger charge is -2.43. The van der Waals surface area contributed by atoms with E-state index in [0.717, 1.165) is 11.3 Å². The fraction of sp³-hybridized carbons (Fsp3) is 0.385. The van der Waals surface area contributed by atoms with Gasteiger partial charge in [0.2, 0.25) is 0 Å². The molecule has 2 aromatic carbocycles. The number of hydrogen-bond donors (Lipinski definition) is 1. The second kappa shape index (κ2) is 8.46. The lowest BCUT2D eigenvalue weighted by atomic mass is 9.64. The average molecular weight is 449 g/mol. The van der Waals surface area contributed by atoms with E-state index in [-0.39, 0.29) is 28.8 Å². The third kappa shape index (κ3) is 4.67. The van der Waals surface area contributed by atoms with Gasteiger partial charge in [-0.25, -0.2) is 9.59 Å². The highest BCUT2D eigenvalue weighted by Crippen LogP contribution is 2.46. The van der Waals surface area contributed by atoms with Crippen LogP contribution >= 0.6 is 0 Å². The molecule has 1 aliphatic carbocycles. The summed E-state index contributed by atoms with van der Waals surface area (Å²) in [5.41, 5.74) is -0.0189. The van der Waals surface area contributed by atoms with E-state index in [4.69, 9.17) is 4.74 Å². The van der Waals surface area contributed by atoms with Gasteiger partial charge in [-0.3, -0.25) is 14.5 Å². The van der Waals surface area contributed by atoms with Gasteiger partial charge in [0.1, 0.15) is 17.8 Å². The molecule has 7 heteroatoms. The van der Waals surface area contributed by atoms with Gasteiger partial charge in [-0.15, -0.1) is 0 Å². The highest BCUT2D eigenvalue weighted by molar-refractivity contribution is 6.09. The van der Waals surface area contributed by atoms with Crippen LogP contribution in [0.1, 0.15) is 56.0 Å². The van der Waals surface area contributed by atoms with Crippen LogP contribution in [0.15, 0.2) is 54.6 Å². The minimum Gasteiger partial charge on any atom is -0.425 e. The van der Waals surface area contributed by atoms with E-state index in [0.29, 0.717) is 24.0 Å². The first kappa shape index (κ1) is 22.7.